The maximum atomic E-state index is 6.17. The molecular weight excluding hydrogens is 329 g/mol. The highest BCUT2D eigenvalue weighted by Gasteiger charge is 2.16. The number of hydrogen-bond donors (Lipinski definition) is 1. The maximum Gasteiger partial charge on any atom is 0.144 e. The van der Waals surface area contributed by atoms with Crippen molar-refractivity contribution < 1.29 is 4.74 Å². The van der Waals surface area contributed by atoms with Crippen molar-refractivity contribution in [3.05, 3.63) is 45.2 Å². The number of para-hydroxylation sites is 2. The first-order valence-electron chi connectivity index (χ1n) is 6.04. The van der Waals surface area contributed by atoms with Crippen molar-refractivity contribution in [2.45, 2.75) is 0 Å². The van der Waals surface area contributed by atoms with Gasteiger partial charge in [-0.15, -0.1) is 11.3 Å². The van der Waals surface area contributed by atoms with Crippen LogP contribution in [0.2, 0.25) is 8.67 Å². The van der Waals surface area contributed by atoms with Gasteiger partial charge in [0.2, 0.25) is 0 Å². The van der Waals surface area contributed by atoms with E-state index in [0.29, 0.717) is 25.8 Å². The lowest BCUT2D eigenvalue weighted by Crippen LogP contribution is -1.98. The zero-order valence-electron chi connectivity index (χ0n) is 11.0. The van der Waals surface area contributed by atoms with E-state index in [1.807, 2.05) is 24.3 Å². The number of ether oxygens (including phenoxy) is 1. The Hall–Kier alpha value is -1.69. The summed E-state index contributed by atoms with van der Waals surface area (Å²) in [6, 6.07) is 9.33. The molecule has 21 heavy (non-hydrogen) atoms. The zero-order chi connectivity index (χ0) is 15.0. The molecule has 4 nitrogen and oxygen atoms in total. The Kier molecular flexibility index (Phi) is 3.80. The number of nitrogen functional groups attached to an aromatic ring is 1. The van der Waals surface area contributed by atoms with E-state index in [4.69, 9.17) is 33.7 Å². The number of rotatable bonds is 3. The standard InChI is InChI=1S/C14H11Cl2N3OS/c1-20-11-5-3-2-4-10(11)19-7-9(17)13(18-19)8-6-12(15)21-14(8)16/h2-7H,17H2,1H3. The topological polar surface area (TPSA) is 53.1 Å². The molecule has 0 radical (unpaired) electrons. The molecule has 0 fully saturated rings. The van der Waals surface area contributed by atoms with Crippen LogP contribution in [-0.2, 0) is 0 Å². The maximum absolute atomic E-state index is 6.17. The van der Waals surface area contributed by atoms with Gasteiger partial charge in [0.1, 0.15) is 21.5 Å². The molecule has 0 atom stereocenters. The minimum atomic E-state index is 0.525. The summed E-state index contributed by atoms with van der Waals surface area (Å²) < 4.78 is 8.17. The van der Waals surface area contributed by atoms with Gasteiger partial charge in [-0.1, -0.05) is 35.3 Å². The molecule has 0 aliphatic rings. The van der Waals surface area contributed by atoms with Crippen molar-refractivity contribution in [1.29, 1.82) is 0 Å². The van der Waals surface area contributed by atoms with Crippen molar-refractivity contribution in [2.75, 3.05) is 12.8 Å². The smallest absolute Gasteiger partial charge is 0.144 e. The molecule has 0 saturated heterocycles. The molecule has 3 rings (SSSR count). The van der Waals surface area contributed by atoms with Crippen molar-refractivity contribution in [1.82, 2.24) is 9.78 Å². The molecule has 0 spiro atoms. The van der Waals surface area contributed by atoms with Gasteiger partial charge in [0, 0.05) is 5.56 Å². The summed E-state index contributed by atoms with van der Waals surface area (Å²) in [5.41, 5.74) is 8.73. The Morgan fingerprint density at radius 3 is 2.71 bits per heavy atom. The Balaban J connectivity index is 2.12. The summed E-state index contributed by atoms with van der Waals surface area (Å²) in [4.78, 5) is 0. The molecular formula is C14H11Cl2N3OS. The number of nitrogens with zero attached hydrogens (tertiary/aromatic N) is 2. The number of nitrogens with two attached hydrogens (primary N) is 1. The molecule has 0 unspecified atom stereocenters. The number of benzene rings is 1. The Bertz CT molecular complexity index is 797. The first kappa shape index (κ1) is 14.3. The van der Waals surface area contributed by atoms with E-state index in [2.05, 4.69) is 5.10 Å². The lowest BCUT2D eigenvalue weighted by molar-refractivity contribution is 0.412. The van der Waals surface area contributed by atoms with Crippen LogP contribution in [0.3, 0.4) is 0 Å². The first-order valence-corrected chi connectivity index (χ1v) is 7.61. The van der Waals surface area contributed by atoms with E-state index in [-0.39, 0.29) is 0 Å². The fraction of sp³-hybridized carbons (Fsp3) is 0.0714. The number of methoxy groups -OCH3 is 1. The van der Waals surface area contributed by atoms with Crippen LogP contribution < -0.4 is 10.5 Å². The van der Waals surface area contributed by atoms with Gasteiger partial charge in [0.15, 0.2) is 0 Å². The number of aromatic nitrogens is 2. The van der Waals surface area contributed by atoms with Crippen LogP contribution in [0.25, 0.3) is 16.9 Å². The van der Waals surface area contributed by atoms with Crippen LogP contribution in [0.5, 0.6) is 5.75 Å². The highest BCUT2D eigenvalue weighted by molar-refractivity contribution is 7.20. The van der Waals surface area contributed by atoms with Crippen LogP contribution in [0.15, 0.2) is 36.5 Å². The van der Waals surface area contributed by atoms with Crippen molar-refractivity contribution in [2.24, 2.45) is 0 Å². The molecule has 0 saturated carbocycles. The summed E-state index contributed by atoms with van der Waals surface area (Å²) in [6.07, 6.45) is 1.73. The quantitative estimate of drug-likeness (QED) is 0.764. The minimum Gasteiger partial charge on any atom is -0.494 e. The summed E-state index contributed by atoms with van der Waals surface area (Å²) in [5, 5.41) is 4.51. The van der Waals surface area contributed by atoms with Crippen LogP contribution in [0.1, 0.15) is 0 Å². The third-order valence-electron chi connectivity index (χ3n) is 2.99. The van der Waals surface area contributed by atoms with E-state index < -0.39 is 0 Å². The molecule has 0 amide bonds. The predicted molar refractivity (Wildman–Crippen MR) is 87.9 cm³/mol. The van der Waals surface area contributed by atoms with E-state index >= 15 is 0 Å². The van der Waals surface area contributed by atoms with Gasteiger partial charge in [0.05, 0.1) is 23.3 Å². The van der Waals surface area contributed by atoms with Gasteiger partial charge in [-0.25, -0.2) is 4.68 Å². The van der Waals surface area contributed by atoms with Crippen LogP contribution in [0, 0.1) is 0 Å². The number of hydrogen-bond acceptors (Lipinski definition) is 4. The third-order valence-corrected chi connectivity index (χ3v) is 4.47. The average Bonchev–Trinajstić information content (AvgIpc) is 3.01. The van der Waals surface area contributed by atoms with E-state index in [1.54, 1.807) is 24.1 Å². The molecule has 108 valence electrons. The Morgan fingerprint density at radius 1 is 1.29 bits per heavy atom. The van der Waals surface area contributed by atoms with Crippen molar-refractivity contribution in [3.8, 4) is 22.7 Å². The van der Waals surface area contributed by atoms with Gasteiger partial charge in [-0.2, -0.15) is 5.10 Å². The largest absolute Gasteiger partial charge is 0.494 e. The zero-order valence-corrected chi connectivity index (χ0v) is 13.3. The monoisotopic (exact) mass is 339 g/mol. The van der Waals surface area contributed by atoms with E-state index in [1.165, 1.54) is 11.3 Å². The van der Waals surface area contributed by atoms with Gasteiger partial charge < -0.3 is 10.5 Å². The molecule has 2 N–H and O–H groups in total. The molecule has 3 aromatic rings. The van der Waals surface area contributed by atoms with Crippen LogP contribution in [-0.4, -0.2) is 16.9 Å². The summed E-state index contributed by atoms with van der Waals surface area (Å²) >= 11 is 13.4. The molecule has 0 bridgehead atoms. The van der Waals surface area contributed by atoms with Crippen molar-refractivity contribution in [3.63, 3.8) is 0 Å². The normalized spacial score (nSPS) is 10.8. The second-order valence-electron chi connectivity index (χ2n) is 4.29. The summed E-state index contributed by atoms with van der Waals surface area (Å²) in [6.45, 7) is 0. The molecule has 0 aliphatic carbocycles. The lowest BCUT2D eigenvalue weighted by Gasteiger charge is -2.07. The second kappa shape index (κ2) is 5.60. The van der Waals surface area contributed by atoms with Crippen molar-refractivity contribution >= 4 is 40.2 Å². The lowest BCUT2D eigenvalue weighted by atomic mass is 10.2. The molecule has 2 aromatic heterocycles. The first-order chi connectivity index (χ1) is 10.1. The highest BCUT2D eigenvalue weighted by Crippen LogP contribution is 2.40. The van der Waals surface area contributed by atoms with Gasteiger partial charge >= 0.3 is 0 Å². The highest BCUT2D eigenvalue weighted by atomic mass is 35.5. The van der Waals surface area contributed by atoms with Gasteiger partial charge in [-0.3, -0.25) is 0 Å². The Morgan fingerprint density at radius 2 is 2.05 bits per heavy atom. The number of thiophene rings is 1. The molecule has 7 heteroatoms. The van der Waals surface area contributed by atoms with Crippen LogP contribution >= 0.6 is 34.5 Å². The van der Waals surface area contributed by atoms with E-state index in [9.17, 15) is 0 Å². The second-order valence-corrected chi connectivity index (χ2v) is 6.57. The summed E-state index contributed by atoms with van der Waals surface area (Å²) in [5.74, 6) is 0.709. The molecule has 2 heterocycles. The summed E-state index contributed by atoms with van der Waals surface area (Å²) in [7, 11) is 1.61. The van der Waals surface area contributed by atoms with Gasteiger partial charge in [0.25, 0.3) is 0 Å². The molecule has 0 aliphatic heterocycles. The number of halogens is 2. The van der Waals surface area contributed by atoms with Crippen LogP contribution in [0.4, 0.5) is 5.69 Å². The SMILES string of the molecule is COc1ccccc1-n1cc(N)c(-c2cc(Cl)sc2Cl)n1. The minimum absolute atomic E-state index is 0.525. The Labute approximate surface area is 135 Å². The average molecular weight is 340 g/mol. The van der Waals surface area contributed by atoms with E-state index in [0.717, 1.165) is 11.3 Å². The number of anilines is 1. The third kappa shape index (κ3) is 2.60. The van der Waals surface area contributed by atoms with Gasteiger partial charge in [-0.05, 0) is 18.2 Å². The fourth-order valence-electron chi connectivity index (χ4n) is 2.04. The predicted octanol–water partition coefficient (Wildman–Crippen LogP) is 4.50. The molecule has 1 aromatic carbocycles. The fourth-order valence-corrected chi connectivity index (χ4v) is 3.51.